The fraction of sp³-hybridized carbons (Fsp3) is 0.364. The highest BCUT2D eigenvalue weighted by Gasteiger charge is 2.35. The molecule has 0 bridgehead atoms. The quantitative estimate of drug-likeness (QED) is 0.794. The van der Waals surface area contributed by atoms with Gasteiger partial charge in [-0.2, -0.15) is 0 Å². The van der Waals surface area contributed by atoms with Gasteiger partial charge in [-0.25, -0.2) is 17.5 Å². The zero-order valence-corrected chi connectivity index (χ0v) is 11.2. The predicted octanol–water partition coefficient (Wildman–Crippen LogP) is 1.04. The Morgan fingerprint density at radius 3 is 2.67 bits per heavy atom. The molecule has 4 nitrogen and oxygen atoms in total. The van der Waals surface area contributed by atoms with Crippen LogP contribution in [0.3, 0.4) is 0 Å². The molecule has 1 aliphatic carbocycles. The average Bonchev–Trinajstić information content (AvgIpc) is 3.11. The molecule has 0 saturated heterocycles. The summed E-state index contributed by atoms with van der Waals surface area (Å²) in [5, 5.41) is -0.309. The number of hydrogen-bond donors (Lipinski definition) is 2. The second kappa shape index (κ2) is 4.91. The highest BCUT2D eigenvalue weighted by Crippen LogP contribution is 2.27. The molecule has 0 aromatic heterocycles. The Labute approximate surface area is 110 Å². The maximum Gasteiger partial charge on any atom is 0.214 e. The van der Waals surface area contributed by atoms with Crippen molar-refractivity contribution in [1.82, 2.24) is 4.72 Å². The van der Waals surface area contributed by atoms with E-state index in [4.69, 9.17) is 18.0 Å². The number of hydrogen-bond acceptors (Lipinski definition) is 3. The first-order chi connectivity index (χ1) is 8.40. The van der Waals surface area contributed by atoms with Crippen LogP contribution < -0.4 is 10.5 Å². The molecule has 2 rings (SSSR count). The molecule has 18 heavy (non-hydrogen) atoms. The van der Waals surface area contributed by atoms with Crippen molar-refractivity contribution in [3.63, 3.8) is 0 Å². The molecule has 0 unspecified atom stereocenters. The van der Waals surface area contributed by atoms with E-state index in [1.807, 2.05) is 0 Å². The Hall–Kier alpha value is -1.05. The topological polar surface area (TPSA) is 72.2 Å². The van der Waals surface area contributed by atoms with Crippen LogP contribution in [-0.4, -0.2) is 18.7 Å². The number of rotatable bonds is 5. The summed E-state index contributed by atoms with van der Waals surface area (Å²) in [5.41, 5.74) is 6.08. The zero-order valence-electron chi connectivity index (χ0n) is 9.52. The molecule has 1 fully saturated rings. The van der Waals surface area contributed by atoms with E-state index in [1.165, 1.54) is 12.1 Å². The molecule has 0 amide bonds. The van der Waals surface area contributed by atoms with Gasteiger partial charge in [0, 0.05) is 17.7 Å². The highest BCUT2D eigenvalue weighted by molar-refractivity contribution is 7.90. The Kier molecular flexibility index (Phi) is 3.65. The third-order valence-corrected chi connectivity index (χ3v) is 4.90. The molecular weight excluding hydrogens is 275 g/mol. The fourth-order valence-electron chi connectivity index (χ4n) is 1.52. The van der Waals surface area contributed by atoms with Gasteiger partial charge in [0.05, 0.1) is 5.25 Å². The lowest BCUT2D eigenvalue weighted by Gasteiger charge is -2.07. The van der Waals surface area contributed by atoms with E-state index in [0.717, 1.165) is 0 Å². The third-order valence-electron chi connectivity index (χ3n) is 2.76. The van der Waals surface area contributed by atoms with Crippen LogP contribution in [0.15, 0.2) is 18.2 Å². The van der Waals surface area contributed by atoms with E-state index in [2.05, 4.69) is 4.72 Å². The molecule has 0 spiro atoms. The van der Waals surface area contributed by atoms with E-state index in [9.17, 15) is 12.8 Å². The highest BCUT2D eigenvalue weighted by atomic mass is 32.2. The van der Waals surface area contributed by atoms with Crippen molar-refractivity contribution in [2.45, 2.75) is 24.6 Å². The molecule has 0 heterocycles. The van der Waals surface area contributed by atoms with Crippen LogP contribution in [0.4, 0.5) is 4.39 Å². The van der Waals surface area contributed by atoms with Crippen LogP contribution in [0.1, 0.15) is 24.0 Å². The summed E-state index contributed by atoms with van der Waals surface area (Å²) in [5.74, 6) is -0.515. The van der Waals surface area contributed by atoms with Gasteiger partial charge in [-0.05, 0) is 18.9 Å². The van der Waals surface area contributed by atoms with E-state index in [-0.39, 0.29) is 22.3 Å². The Balaban J connectivity index is 2.08. The lowest BCUT2D eigenvalue weighted by molar-refractivity contribution is 0.573. The van der Waals surface area contributed by atoms with Crippen LogP contribution in [0, 0.1) is 5.82 Å². The second-order valence-corrected chi connectivity index (χ2v) is 6.72. The maximum atomic E-state index is 13.7. The molecule has 0 atom stereocenters. The summed E-state index contributed by atoms with van der Waals surface area (Å²) in [6.45, 7) is -0.0533. The van der Waals surface area contributed by atoms with Crippen molar-refractivity contribution < 1.29 is 12.8 Å². The number of thiocarbonyl (C=S) groups is 1. The molecule has 7 heteroatoms. The molecular formula is C11H13FN2O2S2. The molecule has 0 radical (unpaired) electrons. The van der Waals surface area contributed by atoms with Gasteiger partial charge < -0.3 is 5.73 Å². The number of benzene rings is 1. The Bertz CT molecular complexity index is 583. The van der Waals surface area contributed by atoms with Gasteiger partial charge in [-0.1, -0.05) is 24.4 Å². The molecule has 3 N–H and O–H groups in total. The number of nitrogens with one attached hydrogen (secondary N) is 1. The SMILES string of the molecule is NC(=S)c1ccc(CNS(=O)(=O)C2CC2)c(F)c1. The minimum absolute atomic E-state index is 0.0533. The first-order valence-corrected chi connectivity index (χ1v) is 7.42. The minimum Gasteiger partial charge on any atom is -0.389 e. The smallest absolute Gasteiger partial charge is 0.214 e. The van der Waals surface area contributed by atoms with Gasteiger partial charge >= 0.3 is 0 Å². The van der Waals surface area contributed by atoms with E-state index in [1.54, 1.807) is 6.07 Å². The summed E-state index contributed by atoms with van der Waals surface area (Å²) < 4.78 is 39.2. The monoisotopic (exact) mass is 288 g/mol. The molecule has 1 aromatic carbocycles. The van der Waals surface area contributed by atoms with Crippen LogP contribution in [0.2, 0.25) is 0 Å². The Morgan fingerprint density at radius 1 is 1.50 bits per heavy atom. The first-order valence-electron chi connectivity index (χ1n) is 5.47. The number of sulfonamides is 1. The molecule has 1 aliphatic rings. The fourth-order valence-corrected chi connectivity index (χ4v) is 2.99. The molecule has 0 aliphatic heterocycles. The van der Waals surface area contributed by atoms with E-state index >= 15 is 0 Å². The average molecular weight is 288 g/mol. The Morgan fingerprint density at radius 2 is 2.17 bits per heavy atom. The zero-order chi connectivity index (χ0) is 13.3. The van der Waals surface area contributed by atoms with Crippen LogP contribution in [0.5, 0.6) is 0 Å². The standard InChI is InChI=1S/C11H13FN2O2S2/c12-10-5-7(11(13)17)1-2-8(10)6-14-18(15,16)9-3-4-9/h1-2,5,9,14H,3-4,6H2,(H2,13,17). The molecule has 1 saturated carbocycles. The van der Waals surface area contributed by atoms with Crippen LogP contribution in [-0.2, 0) is 16.6 Å². The summed E-state index contributed by atoms with van der Waals surface area (Å²) in [4.78, 5) is 0.110. The van der Waals surface area contributed by atoms with Crippen LogP contribution >= 0.6 is 12.2 Å². The second-order valence-electron chi connectivity index (χ2n) is 4.24. The van der Waals surface area contributed by atoms with Gasteiger partial charge in [0.25, 0.3) is 0 Å². The first kappa shape index (κ1) is 13.4. The van der Waals surface area contributed by atoms with Crippen molar-refractivity contribution in [2.75, 3.05) is 0 Å². The van der Waals surface area contributed by atoms with E-state index in [0.29, 0.717) is 18.4 Å². The van der Waals surface area contributed by atoms with Crippen molar-refractivity contribution >= 4 is 27.2 Å². The lowest BCUT2D eigenvalue weighted by Crippen LogP contribution is -2.27. The van der Waals surface area contributed by atoms with E-state index < -0.39 is 15.8 Å². The molecule has 98 valence electrons. The lowest BCUT2D eigenvalue weighted by atomic mass is 10.1. The van der Waals surface area contributed by atoms with Gasteiger partial charge in [0.1, 0.15) is 10.8 Å². The van der Waals surface area contributed by atoms with Crippen molar-refractivity contribution in [2.24, 2.45) is 5.73 Å². The van der Waals surface area contributed by atoms with Crippen molar-refractivity contribution in [1.29, 1.82) is 0 Å². The van der Waals surface area contributed by atoms with Gasteiger partial charge in [-0.3, -0.25) is 0 Å². The predicted molar refractivity (Wildman–Crippen MR) is 71.1 cm³/mol. The number of halogens is 1. The summed E-state index contributed by atoms with van der Waals surface area (Å²) in [6, 6.07) is 4.27. The molecule has 1 aromatic rings. The normalized spacial score (nSPS) is 15.6. The van der Waals surface area contributed by atoms with Gasteiger partial charge in [-0.15, -0.1) is 0 Å². The third kappa shape index (κ3) is 3.04. The summed E-state index contributed by atoms with van der Waals surface area (Å²) >= 11 is 4.73. The van der Waals surface area contributed by atoms with Crippen LogP contribution in [0.25, 0.3) is 0 Å². The van der Waals surface area contributed by atoms with Gasteiger partial charge in [0.2, 0.25) is 10.0 Å². The number of nitrogens with two attached hydrogens (primary N) is 1. The summed E-state index contributed by atoms with van der Waals surface area (Å²) in [6.07, 6.45) is 1.36. The summed E-state index contributed by atoms with van der Waals surface area (Å²) in [7, 11) is -3.30. The largest absolute Gasteiger partial charge is 0.389 e. The van der Waals surface area contributed by atoms with Gasteiger partial charge in [0.15, 0.2) is 0 Å². The maximum absolute atomic E-state index is 13.7. The van der Waals surface area contributed by atoms with Crippen molar-refractivity contribution in [3.05, 3.63) is 35.1 Å². The van der Waals surface area contributed by atoms with Crippen molar-refractivity contribution in [3.8, 4) is 0 Å². The minimum atomic E-state index is -3.30.